The van der Waals surface area contributed by atoms with E-state index in [4.69, 9.17) is 4.74 Å². The Morgan fingerprint density at radius 1 is 1.14 bits per heavy atom. The standard InChI is InChI=1S/C18H24N2O/c1-4-15-6-5-7-17(10-15)21-18-8-9-20-16(11-18)13-19-12-14(2)3/h5-11,14,19H,4,12-13H2,1-3H3. The summed E-state index contributed by atoms with van der Waals surface area (Å²) in [4.78, 5) is 4.37. The molecule has 2 aromatic rings. The molecule has 0 atom stereocenters. The van der Waals surface area contributed by atoms with Crippen LogP contribution >= 0.6 is 0 Å². The van der Waals surface area contributed by atoms with Crippen molar-refractivity contribution in [3.05, 3.63) is 53.9 Å². The fraction of sp³-hybridized carbons (Fsp3) is 0.389. The van der Waals surface area contributed by atoms with E-state index < -0.39 is 0 Å². The zero-order valence-corrected chi connectivity index (χ0v) is 13.1. The second-order valence-corrected chi connectivity index (χ2v) is 5.61. The van der Waals surface area contributed by atoms with Gasteiger partial charge in [-0.25, -0.2) is 0 Å². The number of aromatic nitrogens is 1. The van der Waals surface area contributed by atoms with E-state index in [2.05, 4.69) is 43.2 Å². The molecule has 1 heterocycles. The van der Waals surface area contributed by atoms with Crippen molar-refractivity contribution in [3.8, 4) is 11.5 Å². The third-order valence-corrected chi connectivity index (χ3v) is 3.19. The van der Waals surface area contributed by atoms with E-state index in [0.717, 1.165) is 36.7 Å². The Bertz CT molecular complexity index is 567. The molecule has 0 bridgehead atoms. The van der Waals surface area contributed by atoms with Gasteiger partial charge in [0.25, 0.3) is 0 Å². The van der Waals surface area contributed by atoms with Gasteiger partial charge in [-0.05, 0) is 42.6 Å². The summed E-state index contributed by atoms with van der Waals surface area (Å²) in [6, 6.07) is 12.1. The van der Waals surface area contributed by atoms with Gasteiger partial charge in [-0.15, -0.1) is 0 Å². The van der Waals surface area contributed by atoms with Gasteiger partial charge in [-0.1, -0.05) is 32.9 Å². The van der Waals surface area contributed by atoms with Crippen molar-refractivity contribution in [1.82, 2.24) is 10.3 Å². The number of ether oxygens (including phenoxy) is 1. The number of hydrogen-bond donors (Lipinski definition) is 1. The number of aryl methyl sites for hydroxylation is 1. The smallest absolute Gasteiger partial charge is 0.130 e. The van der Waals surface area contributed by atoms with E-state index in [1.54, 1.807) is 6.20 Å². The van der Waals surface area contributed by atoms with Crippen molar-refractivity contribution in [2.45, 2.75) is 33.7 Å². The average Bonchev–Trinajstić information content (AvgIpc) is 2.47. The highest BCUT2D eigenvalue weighted by molar-refractivity contribution is 5.34. The molecule has 0 spiro atoms. The normalized spacial score (nSPS) is 10.9. The third kappa shape index (κ3) is 5.20. The van der Waals surface area contributed by atoms with Crippen molar-refractivity contribution in [3.63, 3.8) is 0 Å². The monoisotopic (exact) mass is 284 g/mol. The molecule has 0 saturated carbocycles. The summed E-state index contributed by atoms with van der Waals surface area (Å²) in [6.07, 6.45) is 2.81. The van der Waals surface area contributed by atoms with Gasteiger partial charge in [0.2, 0.25) is 0 Å². The van der Waals surface area contributed by atoms with Crippen molar-refractivity contribution < 1.29 is 4.74 Å². The van der Waals surface area contributed by atoms with Gasteiger partial charge < -0.3 is 10.1 Å². The Balaban J connectivity index is 1.99. The van der Waals surface area contributed by atoms with Crippen molar-refractivity contribution >= 4 is 0 Å². The van der Waals surface area contributed by atoms with Gasteiger partial charge >= 0.3 is 0 Å². The first kappa shape index (κ1) is 15.5. The molecule has 0 fully saturated rings. The van der Waals surface area contributed by atoms with E-state index in [1.165, 1.54) is 5.56 Å². The summed E-state index contributed by atoms with van der Waals surface area (Å²) in [6.45, 7) is 8.29. The van der Waals surface area contributed by atoms with Gasteiger partial charge in [0.15, 0.2) is 0 Å². The Labute approximate surface area is 127 Å². The van der Waals surface area contributed by atoms with Crippen molar-refractivity contribution in [2.24, 2.45) is 5.92 Å². The van der Waals surface area contributed by atoms with Crippen LogP contribution in [-0.4, -0.2) is 11.5 Å². The minimum Gasteiger partial charge on any atom is -0.457 e. The second-order valence-electron chi connectivity index (χ2n) is 5.61. The average molecular weight is 284 g/mol. The quantitative estimate of drug-likeness (QED) is 0.828. The number of benzene rings is 1. The lowest BCUT2D eigenvalue weighted by Gasteiger charge is -2.10. The molecule has 21 heavy (non-hydrogen) atoms. The lowest BCUT2D eigenvalue weighted by molar-refractivity contribution is 0.479. The Kier molecular flexibility index (Phi) is 5.76. The molecule has 0 aliphatic heterocycles. The van der Waals surface area contributed by atoms with Crippen LogP contribution in [0.4, 0.5) is 0 Å². The molecule has 1 N–H and O–H groups in total. The van der Waals surface area contributed by atoms with Crippen LogP contribution in [0.25, 0.3) is 0 Å². The van der Waals surface area contributed by atoms with E-state index in [-0.39, 0.29) is 0 Å². The zero-order valence-electron chi connectivity index (χ0n) is 13.1. The molecule has 1 aromatic heterocycles. The van der Waals surface area contributed by atoms with E-state index in [0.29, 0.717) is 5.92 Å². The summed E-state index contributed by atoms with van der Waals surface area (Å²) in [5.74, 6) is 2.35. The molecule has 0 unspecified atom stereocenters. The minimum atomic E-state index is 0.640. The topological polar surface area (TPSA) is 34.1 Å². The summed E-state index contributed by atoms with van der Waals surface area (Å²) in [5.41, 5.74) is 2.28. The second kappa shape index (κ2) is 7.79. The fourth-order valence-electron chi connectivity index (χ4n) is 2.07. The summed E-state index contributed by atoms with van der Waals surface area (Å²) >= 11 is 0. The lowest BCUT2D eigenvalue weighted by Crippen LogP contribution is -2.19. The highest BCUT2D eigenvalue weighted by atomic mass is 16.5. The first-order chi connectivity index (χ1) is 10.2. The molecule has 3 heteroatoms. The van der Waals surface area contributed by atoms with Crippen LogP contribution < -0.4 is 10.1 Å². The maximum Gasteiger partial charge on any atom is 0.130 e. The number of nitrogens with zero attached hydrogens (tertiary/aromatic N) is 1. The van der Waals surface area contributed by atoms with Crippen LogP contribution in [0.2, 0.25) is 0 Å². The molecule has 0 aliphatic rings. The molecule has 0 radical (unpaired) electrons. The fourth-order valence-corrected chi connectivity index (χ4v) is 2.07. The Hall–Kier alpha value is -1.87. The molecule has 0 amide bonds. The van der Waals surface area contributed by atoms with Crippen LogP contribution in [0.15, 0.2) is 42.6 Å². The number of pyridine rings is 1. The number of nitrogens with one attached hydrogen (secondary N) is 1. The molecule has 2 rings (SSSR count). The summed E-state index contributed by atoms with van der Waals surface area (Å²) in [5, 5.41) is 3.39. The van der Waals surface area contributed by atoms with E-state index in [1.807, 2.05) is 24.3 Å². The zero-order chi connectivity index (χ0) is 15.1. The van der Waals surface area contributed by atoms with E-state index >= 15 is 0 Å². The highest BCUT2D eigenvalue weighted by Gasteiger charge is 2.02. The molecule has 3 nitrogen and oxygen atoms in total. The number of rotatable bonds is 7. The van der Waals surface area contributed by atoms with Gasteiger partial charge in [0.1, 0.15) is 11.5 Å². The Morgan fingerprint density at radius 3 is 2.71 bits per heavy atom. The van der Waals surface area contributed by atoms with E-state index in [9.17, 15) is 0 Å². The molecule has 1 aromatic carbocycles. The van der Waals surface area contributed by atoms with Crippen molar-refractivity contribution in [1.29, 1.82) is 0 Å². The highest BCUT2D eigenvalue weighted by Crippen LogP contribution is 2.22. The first-order valence-corrected chi connectivity index (χ1v) is 7.60. The first-order valence-electron chi connectivity index (χ1n) is 7.60. The van der Waals surface area contributed by atoms with Gasteiger partial charge in [0.05, 0.1) is 5.69 Å². The van der Waals surface area contributed by atoms with Crippen LogP contribution in [-0.2, 0) is 13.0 Å². The van der Waals surface area contributed by atoms with Crippen molar-refractivity contribution in [2.75, 3.05) is 6.54 Å². The SMILES string of the molecule is CCc1cccc(Oc2ccnc(CNCC(C)C)c2)c1. The molecule has 112 valence electrons. The summed E-state index contributed by atoms with van der Waals surface area (Å²) < 4.78 is 5.92. The molecule has 0 aliphatic carbocycles. The van der Waals surface area contributed by atoms with Crippen LogP contribution in [0.5, 0.6) is 11.5 Å². The van der Waals surface area contributed by atoms with Crippen LogP contribution in [0, 0.1) is 5.92 Å². The Morgan fingerprint density at radius 2 is 1.95 bits per heavy atom. The largest absolute Gasteiger partial charge is 0.457 e. The maximum absolute atomic E-state index is 5.92. The van der Waals surface area contributed by atoms with Gasteiger partial charge in [-0.2, -0.15) is 0 Å². The van der Waals surface area contributed by atoms with Crippen LogP contribution in [0.3, 0.4) is 0 Å². The summed E-state index contributed by atoms with van der Waals surface area (Å²) in [7, 11) is 0. The minimum absolute atomic E-state index is 0.640. The third-order valence-electron chi connectivity index (χ3n) is 3.19. The number of hydrogen-bond acceptors (Lipinski definition) is 3. The molecular weight excluding hydrogens is 260 g/mol. The van der Waals surface area contributed by atoms with Gasteiger partial charge in [0, 0.05) is 18.8 Å². The predicted molar refractivity (Wildman–Crippen MR) is 86.7 cm³/mol. The predicted octanol–water partition coefficient (Wildman–Crippen LogP) is 4.18. The van der Waals surface area contributed by atoms with Gasteiger partial charge in [-0.3, -0.25) is 4.98 Å². The maximum atomic E-state index is 5.92. The van der Waals surface area contributed by atoms with Crippen LogP contribution in [0.1, 0.15) is 32.0 Å². The lowest BCUT2D eigenvalue weighted by atomic mass is 10.2. The molecular formula is C18H24N2O. The molecule has 0 saturated heterocycles.